The van der Waals surface area contributed by atoms with Crippen LogP contribution in [0.2, 0.25) is 0 Å². The van der Waals surface area contributed by atoms with Gasteiger partial charge in [0.1, 0.15) is 4.90 Å². The molecule has 0 spiro atoms. The predicted octanol–water partition coefficient (Wildman–Crippen LogP) is 0.448. The van der Waals surface area contributed by atoms with Crippen molar-refractivity contribution in [3.8, 4) is 0 Å². The minimum atomic E-state index is -3.75. The normalized spacial score (nSPS) is 16.5. The number of nitrogens with two attached hydrogens (primary N) is 2. The summed E-state index contributed by atoms with van der Waals surface area (Å²) in [6, 6.07) is 4.86. The van der Waals surface area contributed by atoms with Gasteiger partial charge in [0, 0.05) is 25.8 Å². The van der Waals surface area contributed by atoms with Crippen LogP contribution in [0.4, 0.5) is 11.4 Å². The molecule has 1 aliphatic rings. The van der Waals surface area contributed by atoms with E-state index in [9.17, 15) is 8.42 Å². The number of benzene rings is 1. The van der Waals surface area contributed by atoms with Crippen LogP contribution in [0.1, 0.15) is 12.8 Å². The topological polar surface area (TPSA) is 92.7 Å². The molecule has 2 rings (SSSR count). The van der Waals surface area contributed by atoms with Gasteiger partial charge in [0.25, 0.3) is 0 Å². The van der Waals surface area contributed by atoms with E-state index in [0.717, 1.165) is 18.8 Å². The molecule has 6 nitrogen and oxygen atoms in total. The summed E-state index contributed by atoms with van der Waals surface area (Å²) in [5.74, 6) is 0. The molecule has 1 aromatic rings. The quantitative estimate of drug-likeness (QED) is 0.770. The Morgan fingerprint density at radius 1 is 1.30 bits per heavy atom. The van der Waals surface area contributed by atoms with E-state index in [-0.39, 0.29) is 10.6 Å². The largest absolute Gasteiger partial charge is 0.398 e. The monoisotopic (exact) mass is 298 g/mol. The lowest BCUT2D eigenvalue weighted by atomic mass is 10.2. The Hall–Kier alpha value is -1.31. The third kappa shape index (κ3) is 3.62. The number of hydrogen-bond acceptors (Lipinski definition) is 5. The zero-order valence-corrected chi connectivity index (χ0v) is 12.6. The van der Waals surface area contributed by atoms with E-state index < -0.39 is 10.0 Å². The van der Waals surface area contributed by atoms with E-state index in [1.807, 2.05) is 7.05 Å². The third-order valence-electron chi connectivity index (χ3n) is 3.69. The molecular formula is C13H22N4O2S. The van der Waals surface area contributed by atoms with E-state index in [4.69, 9.17) is 10.9 Å². The molecule has 0 bridgehead atoms. The van der Waals surface area contributed by atoms with Gasteiger partial charge in [0.05, 0.1) is 5.69 Å². The molecule has 4 N–H and O–H groups in total. The fourth-order valence-corrected chi connectivity index (χ4v) is 3.10. The van der Waals surface area contributed by atoms with Crippen molar-refractivity contribution in [1.29, 1.82) is 0 Å². The molecule has 0 unspecified atom stereocenters. The number of primary sulfonamides is 1. The lowest BCUT2D eigenvalue weighted by Gasteiger charge is -2.23. The SMILES string of the molecule is CN(CCN1CCCC1)c1ccc(S(N)(=O)=O)c(N)c1. The molecule has 1 aromatic carbocycles. The number of likely N-dealkylation sites (N-methyl/N-ethyl adjacent to an activating group) is 1. The molecule has 7 heteroatoms. The highest BCUT2D eigenvalue weighted by molar-refractivity contribution is 7.89. The first-order chi connectivity index (χ1) is 9.38. The van der Waals surface area contributed by atoms with Crippen molar-refractivity contribution in [1.82, 2.24) is 4.90 Å². The first-order valence-electron chi connectivity index (χ1n) is 6.74. The van der Waals surface area contributed by atoms with E-state index in [1.165, 1.54) is 32.0 Å². The van der Waals surface area contributed by atoms with Gasteiger partial charge in [0.15, 0.2) is 0 Å². The molecule has 1 fully saturated rings. The number of anilines is 2. The minimum absolute atomic E-state index is 0.0193. The van der Waals surface area contributed by atoms with Crippen LogP contribution in [0.3, 0.4) is 0 Å². The van der Waals surface area contributed by atoms with Crippen LogP contribution in [0.15, 0.2) is 23.1 Å². The minimum Gasteiger partial charge on any atom is -0.398 e. The van der Waals surface area contributed by atoms with E-state index in [1.54, 1.807) is 12.1 Å². The second-order valence-electron chi connectivity index (χ2n) is 5.24. The van der Waals surface area contributed by atoms with Gasteiger partial charge in [-0.1, -0.05) is 0 Å². The summed E-state index contributed by atoms with van der Waals surface area (Å²) in [7, 11) is -1.78. The Morgan fingerprint density at radius 3 is 2.50 bits per heavy atom. The van der Waals surface area contributed by atoms with Crippen molar-refractivity contribution in [2.45, 2.75) is 17.7 Å². The van der Waals surface area contributed by atoms with Crippen molar-refractivity contribution >= 4 is 21.4 Å². The zero-order valence-electron chi connectivity index (χ0n) is 11.7. The van der Waals surface area contributed by atoms with Gasteiger partial charge >= 0.3 is 0 Å². The molecule has 0 radical (unpaired) electrons. The molecule has 0 amide bonds. The lowest BCUT2D eigenvalue weighted by Crippen LogP contribution is -2.31. The summed E-state index contributed by atoms with van der Waals surface area (Å²) in [6.45, 7) is 4.22. The number of nitrogen functional groups attached to an aromatic ring is 1. The van der Waals surface area contributed by atoms with Crippen molar-refractivity contribution in [3.05, 3.63) is 18.2 Å². The summed E-state index contributed by atoms with van der Waals surface area (Å²) < 4.78 is 22.6. The van der Waals surface area contributed by atoms with Crippen LogP contribution in [0, 0.1) is 0 Å². The van der Waals surface area contributed by atoms with Gasteiger partial charge in [0.2, 0.25) is 10.0 Å². The highest BCUT2D eigenvalue weighted by Gasteiger charge is 2.15. The third-order valence-corrected chi connectivity index (χ3v) is 4.68. The average molecular weight is 298 g/mol. The highest BCUT2D eigenvalue weighted by atomic mass is 32.2. The lowest BCUT2D eigenvalue weighted by molar-refractivity contribution is 0.346. The van der Waals surface area contributed by atoms with Crippen LogP contribution in [-0.2, 0) is 10.0 Å². The Labute approximate surface area is 120 Å². The molecule has 1 aliphatic heterocycles. The molecule has 20 heavy (non-hydrogen) atoms. The Bertz CT molecular complexity index is 568. The van der Waals surface area contributed by atoms with Crippen molar-refractivity contribution < 1.29 is 8.42 Å². The number of nitrogens with zero attached hydrogens (tertiary/aromatic N) is 2. The zero-order chi connectivity index (χ0) is 14.8. The van der Waals surface area contributed by atoms with E-state index in [0.29, 0.717) is 0 Å². The standard InChI is InChI=1S/C13H22N4O2S/c1-16(8-9-17-6-2-3-7-17)11-4-5-13(12(14)10-11)20(15,18)19/h4-5,10H,2-3,6-9,14H2,1H3,(H2,15,18,19). The van der Waals surface area contributed by atoms with Crippen molar-refractivity contribution in [2.24, 2.45) is 5.14 Å². The first-order valence-corrected chi connectivity index (χ1v) is 8.28. The van der Waals surface area contributed by atoms with Gasteiger partial charge in [-0.2, -0.15) is 0 Å². The number of hydrogen-bond donors (Lipinski definition) is 2. The summed E-state index contributed by atoms with van der Waals surface area (Å²) in [5.41, 5.74) is 6.86. The van der Waals surface area contributed by atoms with Crippen LogP contribution in [-0.4, -0.2) is 46.5 Å². The average Bonchev–Trinajstić information content (AvgIpc) is 2.87. The number of sulfonamides is 1. The van der Waals surface area contributed by atoms with Gasteiger partial charge in [-0.05, 0) is 44.1 Å². The highest BCUT2D eigenvalue weighted by Crippen LogP contribution is 2.23. The van der Waals surface area contributed by atoms with E-state index in [2.05, 4.69) is 9.80 Å². The van der Waals surface area contributed by atoms with Crippen LogP contribution >= 0.6 is 0 Å². The smallest absolute Gasteiger partial charge is 0.240 e. The second kappa shape index (κ2) is 5.99. The maximum absolute atomic E-state index is 11.3. The van der Waals surface area contributed by atoms with Crippen LogP contribution in [0.5, 0.6) is 0 Å². The van der Waals surface area contributed by atoms with Crippen molar-refractivity contribution in [2.75, 3.05) is 43.9 Å². The summed E-state index contributed by atoms with van der Waals surface area (Å²) in [5, 5.41) is 5.10. The van der Waals surface area contributed by atoms with Crippen LogP contribution < -0.4 is 15.8 Å². The number of likely N-dealkylation sites (tertiary alicyclic amines) is 1. The van der Waals surface area contributed by atoms with Crippen molar-refractivity contribution in [3.63, 3.8) is 0 Å². The Morgan fingerprint density at radius 2 is 1.95 bits per heavy atom. The second-order valence-corrected chi connectivity index (χ2v) is 6.77. The fraction of sp³-hybridized carbons (Fsp3) is 0.538. The molecule has 0 aromatic heterocycles. The molecule has 0 aliphatic carbocycles. The maximum atomic E-state index is 11.3. The predicted molar refractivity (Wildman–Crippen MR) is 81.2 cm³/mol. The summed E-state index contributed by atoms with van der Waals surface area (Å²) in [4.78, 5) is 4.48. The molecule has 0 atom stereocenters. The van der Waals surface area contributed by atoms with Gasteiger partial charge in [-0.25, -0.2) is 13.6 Å². The molecule has 1 saturated heterocycles. The Balaban J connectivity index is 2.03. The molecule has 1 heterocycles. The fourth-order valence-electron chi connectivity index (χ4n) is 2.46. The summed E-state index contributed by atoms with van der Waals surface area (Å²) >= 11 is 0. The maximum Gasteiger partial charge on any atom is 0.240 e. The molecule has 112 valence electrons. The Kier molecular flexibility index (Phi) is 4.52. The van der Waals surface area contributed by atoms with E-state index >= 15 is 0 Å². The van der Waals surface area contributed by atoms with Gasteiger partial charge < -0.3 is 15.5 Å². The first kappa shape index (κ1) is 15.1. The van der Waals surface area contributed by atoms with Gasteiger partial charge in [-0.3, -0.25) is 0 Å². The molecular weight excluding hydrogens is 276 g/mol. The van der Waals surface area contributed by atoms with Crippen LogP contribution in [0.25, 0.3) is 0 Å². The number of rotatable bonds is 5. The van der Waals surface area contributed by atoms with Gasteiger partial charge in [-0.15, -0.1) is 0 Å². The summed E-state index contributed by atoms with van der Waals surface area (Å²) in [6.07, 6.45) is 2.55. The molecule has 0 saturated carbocycles.